The molecule has 0 aliphatic heterocycles. The van der Waals surface area contributed by atoms with Crippen LogP contribution in [-0.4, -0.2) is 19.0 Å². The van der Waals surface area contributed by atoms with Crippen molar-refractivity contribution in [1.82, 2.24) is 0 Å². The van der Waals surface area contributed by atoms with Gasteiger partial charge in [-0.15, -0.1) is 0 Å². The molecule has 0 aromatic rings. The number of ether oxygens (including phenoxy) is 1. The van der Waals surface area contributed by atoms with E-state index in [1.165, 1.54) is 19.3 Å². The number of hydrogen-bond acceptors (Lipinski definition) is 2. The molecule has 0 unspecified atom stereocenters. The zero-order valence-electron chi connectivity index (χ0n) is 9.68. The molecule has 0 aromatic heterocycles. The van der Waals surface area contributed by atoms with Crippen molar-refractivity contribution in [2.75, 3.05) is 13.2 Å². The van der Waals surface area contributed by atoms with Crippen LogP contribution in [0, 0.1) is 0 Å². The van der Waals surface area contributed by atoms with Gasteiger partial charge < -0.3 is 4.74 Å². The highest BCUT2D eigenvalue weighted by molar-refractivity contribution is 5.78. The lowest BCUT2D eigenvalue weighted by molar-refractivity contribution is -0.120. The first-order chi connectivity index (χ1) is 6.81. The molecular formula is C12H24O2. The van der Waals surface area contributed by atoms with Crippen LogP contribution in [-0.2, 0) is 9.53 Å². The summed E-state index contributed by atoms with van der Waals surface area (Å²) in [5, 5.41) is 0. The fraction of sp³-hybridized carbons (Fsp3) is 0.917. The molecule has 0 N–H and O–H groups in total. The summed E-state index contributed by atoms with van der Waals surface area (Å²) in [5.74, 6) is 0.464. The van der Waals surface area contributed by atoms with Crippen LogP contribution >= 0.6 is 0 Å². The molecule has 1 saturated carbocycles. The number of unbranched alkanes of at least 4 members (excludes halogenated alkanes) is 1. The Hall–Kier alpha value is -0.370. The summed E-state index contributed by atoms with van der Waals surface area (Å²) in [6.45, 7) is 5.99. The Labute approximate surface area is 88.0 Å². The van der Waals surface area contributed by atoms with Gasteiger partial charge in [0.05, 0.1) is 0 Å². The van der Waals surface area contributed by atoms with Crippen LogP contribution in [0.2, 0.25) is 0 Å². The predicted octanol–water partition coefficient (Wildman–Crippen LogP) is 3.34. The standard InChI is InChI=1S/C6H10O.C6H14O/c7-6-4-2-1-3-5-6;1-3-5-6-7-4-2/h1-5H2;3-6H2,1-2H3. The van der Waals surface area contributed by atoms with Crippen molar-refractivity contribution < 1.29 is 9.53 Å². The van der Waals surface area contributed by atoms with E-state index in [0.717, 1.165) is 38.9 Å². The van der Waals surface area contributed by atoms with Gasteiger partial charge in [0.25, 0.3) is 0 Å². The maximum atomic E-state index is 10.5. The van der Waals surface area contributed by atoms with Crippen molar-refractivity contribution in [2.24, 2.45) is 0 Å². The van der Waals surface area contributed by atoms with Gasteiger partial charge in [-0.25, -0.2) is 0 Å². The molecule has 0 bridgehead atoms. The average Bonchev–Trinajstić information content (AvgIpc) is 2.21. The van der Waals surface area contributed by atoms with Gasteiger partial charge >= 0.3 is 0 Å². The summed E-state index contributed by atoms with van der Waals surface area (Å²) >= 11 is 0. The minimum atomic E-state index is 0.464. The third-order valence-corrected chi connectivity index (χ3v) is 2.26. The van der Waals surface area contributed by atoms with E-state index in [1.807, 2.05) is 6.92 Å². The molecule has 2 heteroatoms. The number of ketones is 1. The summed E-state index contributed by atoms with van der Waals surface area (Å²) < 4.78 is 5.07. The predicted molar refractivity (Wildman–Crippen MR) is 59.5 cm³/mol. The van der Waals surface area contributed by atoms with Crippen LogP contribution < -0.4 is 0 Å². The molecule has 2 nitrogen and oxygen atoms in total. The molecular weight excluding hydrogens is 176 g/mol. The van der Waals surface area contributed by atoms with Crippen LogP contribution in [0.25, 0.3) is 0 Å². The van der Waals surface area contributed by atoms with Gasteiger partial charge in [-0.2, -0.15) is 0 Å². The largest absolute Gasteiger partial charge is 0.382 e. The SMILES string of the molecule is CCCCOCC.O=C1CCCCC1. The molecule has 84 valence electrons. The second-order valence-corrected chi connectivity index (χ2v) is 3.65. The number of carbonyl (C=O) groups is 1. The molecule has 1 aliphatic rings. The summed E-state index contributed by atoms with van der Waals surface area (Å²) in [6, 6.07) is 0. The third-order valence-electron chi connectivity index (χ3n) is 2.26. The number of Topliss-reactive ketones (excluding diaryl/α,β-unsaturated/α-hetero) is 1. The Balaban J connectivity index is 0.000000241. The topological polar surface area (TPSA) is 26.3 Å². The summed E-state index contributed by atoms with van der Waals surface area (Å²) in [7, 11) is 0. The van der Waals surface area contributed by atoms with Gasteiger partial charge in [0.15, 0.2) is 0 Å². The second kappa shape index (κ2) is 10.7. The van der Waals surface area contributed by atoms with Crippen LogP contribution in [0.4, 0.5) is 0 Å². The highest BCUT2D eigenvalue weighted by Crippen LogP contribution is 2.12. The molecule has 0 aromatic carbocycles. The lowest BCUT2D eigenvalue weighted by atomic mass is 10.00. The van der Waals surface area contributed by atoms with E-state index in [1.54, 1.807) is 0 Å². The Morgan fingerprint density at radius 1 is 1.14 bits per heavy atom. The van der Waals surface area contributed by atoms with Crippen molar-refractivity contribution in [1.29, 1.82) is 0 Å². The molecule has 0 saturated heterocycles. The fourth-order valence-electron chi connectivity index (χ4n) is 1.34. The highest BCUT2D eigenvalue weighted by atomic mass is 16.5. The summed E-state index contributed by atoms with van der Waals surface area (Å²) in [5.41, 5.74) is 0. The second-order valence-electron chi connectivity index (χ2n) is 3.65. The molecule has 0 atom stereocenters. The van der Waals surface area contributed by atoms with E-state index in [9.17, 15) is 4.79 Å². The average molecular weight is 200 g/mol. The maximum absolute atomic E-state index is 10.5. The van der Waals surface area contributed by atoms with E-state index in [0.29, 0.717) is 5.78 Å². The Morgan fingerprint density at radius 3 is 2.14 bits per heavy atom. The van der Waals surface area contributed by atoms with E-state index in [2.05, 4.69) is 6.92 Å². The van der Waals surface area contributed by atoms with Crippen molar-refractivity contribution in [3.63, 3.8) is 0 Å². The first-order valence-electron chi connectivity index (χ1n) is 5.90. The first-order valence-corrected chi connectivity index (χ1v) is 5.90. The van der Waals surface area contributed by atoms with Crippen LogP contribution in [0.3, 0.4) is 0 Å². The normalized spacial score (nSPS) is 16.0. The Bertz CT molecular complexity index is 120. The molecule has 0 radical (unpaired) electrons. The van der Waals surface area contributed by atoms with E-state index < -0.39 is 0 Å². The van der Waals surface area contributed by atoms with Crippen molar-refractivity contribution in [3.05, 3.63) is 0 Å². The third kappa shape index (κ3) is 9.72. The van der Waals surface area contributed by atoms with Crippen LogP contribution in [0.1, 0.15) is 58.8 Å². The van der Waals surface area contributed by atoms with Gasteiger partial charge in [-0.1, -0.05) is 19.8 Å². The van der Waals surface area contributed by atoms with E-state index in [4.69, 9.17) is 4.74 Å². The number of rotatable bonds is 4. The minimum absolute atomic E-state index is 0.464. The van der Waals surface area contributed by atoms with Gasteiger partial charge in [0, 0.05) is 26.1 Å². The van der Waals surface area contributed by atoms with Crippen molar-refractivity contribution >= 4 is 5.78 Å². The lowest BCUT2D eigenvalue weighted by Gasteiger charge is -2.05. The lowest BCUT2D eigenvalue weighted by Crippen LogP contribution is -2.02. The summed E-state index contributed by atoms with van der Waals surface area (Å²) in [6.07, 6.45) is 7.68. The minimum Gasteiger partial charge on any atom is -0.382 e. The van der Waals surface area contributed by atoms with Gasteiger partial charge in [0.2, 0.25) is 0 Å². The Morgan fingerprint density at radius 2 is 1.79 bits per heavy atom. The van der Waals surface area contributed by atoms with E-state index >= 15 is 0 Å². The monoisotopic (exact) mass is 200 g/mol. The van der Waals surface area contributed by atoms with Gasteiger partial charge in [0.1, 0.15) is 5.78 Å². The van der Waals surface area contributed by atoms with Crippen molar-refractivity contribution in [3.8, 4) is 0 Å². The first kappa shape index (κ1) is 13.6. The maximum Gasteiger partial charge on any atom is 0.132 e. The van der Waals surface area contributed by atoms with Crippen LogP contribution in [0.5, 0.6) is 0 Å². The van der Waals surface area contributed by atoms with Gasteiger partial charge in [-0.3, -0.25) is 4.79 Å². The Kier molecular flexibility index (Phi) is 10.4. The molecule has 0 amide bonds. The molecule has 1 rings (SSSR count). The molecule has 1 fully saturated rings. The quantitative estimate of drug-likeness (QED) is 0.651. The van der Waals surface area contributed by atoms with E-state index in [-0.39, 0.29) is 0 Å². The van der Waals surface area contributed by atoms with Crippen molar-refractivity contribution in [2.45, 2.75) is 58.8 Å². The zero-order valence-corrected chi connectivity index (χ0v) is 9.68. The summed E-state index contributed by atoms with van der Waals surface area (Å²) in [4.78, 5) is 10.5. The molecule has 0 spiro atoms. The molecule has 1 aliphatic carbocycles. The smallest absolute Gasteiger partial charge is 0.132 e. The number of carbonyl (C=O) groups excluding carboxylic acids is 1. The fourth-order valence-corrected chi connectivity index (χ4v) is 1.34. The number of hydrogen-bond donors (Lipinski definition) is 0. The van der Waals surface area contributed by atoms with Crippen LogP contribution in [0.15, 0.2) is 0 Å². The molecule has 0 heterocycles. The zero-order chi connectivity index (χ0) is 10.6. The molecule has 14 heavy (non-hydrogen) atoms. The highest BCUT2D eigenvalue weighted by Gasteiger charge is 2.05. The van der Waals surface area contributed by atoms with Gasteiger partial charge in [-0.05, 0) is 26.2 Å².